The highest BCUT2D eigenvalue weighted by atomic mass is 32.2. The highest BCUT2D eigenvalue weighted by molar-refractivity contribution is 7.91. The lowest BCUT2D eigenvalue weighted by Crippen LogP contribution is -2.32. The largest absolute Gasteiger partial charge is 0.392 e. The van der Waals surface area contributed by atoms with E-state index in [1.807, 2.05) is 6.92 Å². The summed E-state index contributed by atoms with van der Waals surface area (Å²) < 4.78 is 26.8. The van der Waals surface area contributed by atoms with Crippen molar-refractivity contribution in [2.75, 3.05) is 0 Å². The number of hydrogen-bond acceptors (Lipinski definition) is 4. The van der Waals surface area contributed by atoms with Gasteiger partial charge in [0.15, 0.2) is 0 Å². The van der Waals surface area contributed by atoms with Crippen LogP contribution in [0.1, 0.15) is 38.7 Å². The van der Waals surface area contributed by atoms with Crippen LogP contribution in [0.15, 0.2) is 15.7 Å². The van der Waals surface area contributed by atoms with E-state index in [0.29, 0.717) is 5.56 Å². The summed E-state index contributed by atoms with van der Waals surface area (Å²) in [6, 6.07) is 1.46. The third-order valence-corrected chi connectivity index (χ3v) is 5.50. The van der Waals surface area contributed by atoms with Crippen molar-refractivity contribution in [3.8, 4) is 0 Å². The molecule has 0 aliphatic carbocycles. The predicted octanol–water partition coefficient (Wildman–Crippen LogP) is 2.10. The zero-order chi connectivity index (χ0) is 12.9. The minimum atomic E-state index is -3.42. The van der Waals surface area contributed by atoms with E-state index in [2.05, 4.69) is 11.6 Å². The van der Waals surface area contributed by atoms with Crippen LogP contribution in [0, 0.1) is 0 Å². The van der Waals surface area contributed by atoms with Crippen molar-refractivity contribution in [3.05, 3.63) is 17.0 Å². The lowest BCUT2D eigenvalue weighted by Gasteiger charge is -2.12. The molecule has 1 aromatic heterocycles. The summed E-state index contributed by atoms with van der Waals surface area (Å²) in [4.78, 5) is 0. The second-order valence-corrected chi connectivity index (χ2v) is 6.95. The fourth-order valence-electron chi connectivity index (χ4n) is 1.47. The van der Waals surface area contributed by atoms with E-state index in [-0.39, 0.29) is 16.9 Å². The van der Waals surface area contributed by atoms with Crippen LogP contribution < -0.4 is 4.72 Å². The lowest BCUT2D eigenvalue weighted by atomic mass is 10.2. The number of rotatable bonds is 7. The Labute approximate surface area is 107 Å². The number of thiophene rings is 1. The molecule has 0 aliphatic heterocycles. The standard InChI is InChI=1S/C11H19NO3S2/c1-3-4-5-9(2)12-17(14,15)11-6-10(7-13)8-16-11/h6,8-9,12-13H,3-5,7H2,1-2H3. The Morgan fingerprint density at radius 2 is 2.24 bits per heavy atom. The number of sulfonamides is 1. The third-order valence-electron chi connectivity index (χ3n) is 2.42. The molecule has 1 aromatic rings. The van der Waals surface area contributed by atoms with Crippen LogP contribution in [0.4, 0.5) is 0 Å². The van der Waals surface area contributed by atoms with Gasteiger partial charge in [-0.1, -0.05) is 19.8 Å². The zero-order valence-corrected chi connectivity index (χ0v) is 11.8. The van der Waals surface area contributed by atoms with E-state index in [0.717, 1.165) is 30.6 Å². The van der Waals surface area contributed by atoms with Crippen LogP contribution in [-0.2, 0) is 16.6 Å². The minimum Gasteiger partial charge on any atom is -0.392 e. The molecular formula is C11H19NO3S2. The van der Waals surface area contributed by atoms with Crippen LogP contribution in [0.3, 0.4) is 0 Å². The SMILES string of the molecule is CCCCC(C)NS(=O)(=O)c1cc(CO)cs1. The molecule has 1 atom stereocenters. The minimum absolute atomic E-state index is 0.0559. The first-order chi connectivity index (χ1) is 7.99. The molecule has 0 bridgehead atoms. The number of unbranched alkanes of at least 4 members (excludes halogenated alkanes) is 1. The van der Waals surface area contributed by atoms with Gasteiger partial charge in [0.1, 0.15) is 4.21 Å². The molecule has 1 unspecified atom stereocenters. The number of nitrogens with one attached hydrogen (secondary N) is 1. The molecule has 0 aromatic carbocycles. The Kier molecular flexibility index (Phi) is 5.58. The highest BCUT2D eigenvalue weighted by Crippen LogP contribution is 2.20. The summed E-state index contributed by atoms with van der Waals surface area (Å²) in [5, 5.41) is 10.6. The fraction of sp³-hybridized carbons (Fsp3) is 0.636. The molecule has 0 aliphatic rings. The fourth-order valence-corrected chi connectivity index (χ4v) is 3.96. The summed E-state index contributed by atoms with van der Waals surface area (Å²) in [7, 11) is -3.42. The highest BCUT2D eigenvalue weighted by Gasteiger charge is 2.19. The molecular weight excluding hydrogens is 258 g/mol. The summed E-state index contributed by atoms with van der Waals surface area (Å²) in [6.07, 6.45) is 2.91. The van der Waals surface area contributed by atoms with Gasteiger partial charge < -0.3 is 5.11 Å². The Hall–Kier alpha value is -0.430. The van der Waals surface area contributed by atoms with Gasteiger partial charge in [0.25, 0.3) is 0 Å². The second kappa shape index (κ2) is 6.49. The third kappa shape index (κ3) is 4.39. The lowest BCUT2D eigenvalue weighted by molar-refractivity contribution is 0.282. The number of aliphatic hydroxyl groups excluding tert-OH is 1. The first-order valence-electron chi connectivity index (χ1n) is 5.70. The van der Waals surface area contributed by atoms with Gasteiger partial charge in [-0.3, -0.25) is 0 Å². The van der Waals surface area contributed by atoms with Crippen LogP contribution in [0.5, 0.6) is 0 Å². The molecule has 0 radical (unpaired) electrons. The predicted molar refractivity (Wildman–Crippen MR) is 69.6 cm³/mol. The smallest absolute Gasteiger partial charge is 0.250 e. The maximum atomic E-state index is 12.0. The Bertz CT molecular complexity index is 439. The molecule has 0 fully saturated rings. The number of hydrogen-bond donors (Lipinski definition) is 2. The topological polar surface area (TPSA) is 66.4 Å². The van der Waals surface area contributed by atoms with Gasteiger partial charge in [-0.25, -0.2) is 13.1 Å². The summed E-state index contributed by atoms with van der Waals surface area (Å²) in [6.45, 7) is 3.82. The molecule has 2 N–H and O–H groups in total. The average molecular weight is 277 g/mol. The van der Waals surface area contributed by atoms with E-state index in [1.54, 1.807) is 5.38 Å². The van der Waals surface area contributed by atoms with E-state index in [1.165, 1.54) is 6.07 Å². The van der Waals surface area contributed by atoms with Gasteiger partial charge in [0.05, 0.1) is 6.61 Å². The van der Waals surface area contributed by atoms with Crippen molar-refractivity contribution in [1.82, 2.24) is 4.72 Å². The van der Waals surface area contributed by atoms with Crippen LogP contribution in [0.2, 0.25) is 0 Å². The van der Waals surface area contributed by atoms with Crippen molar-refractivity contribution in [2.24, 2.45) is 0 Å². The van der Waals surface area contributed by atoms with E-state index >= 15 is 0 Å². The van der Waals surface area contributed by atoms with E-state index < -0.39 is 10.0 Å². The summed E-state index contributed by atoms with van der Waals surface area (Å²) >= 11 is 1.14. The molecule has 0 amide bonds. The van der Waals surface area contributed by atoms with Crippen molar-refractivity contribution >= 4 is 21.4 Å². The van der Waals surface area contributed by atoms with E-state index in [4.69, 9.17) is 5.11 Å². The molecule has 17 heavy (non-hydrogen) atoms. The molecule has 0 saturated heterocycles. The molecule has 98 valence electrons. The normalized spacial score (nSPS) is 13.8. The van der Waals surface area contributed by atoms with Crippen molar-refractivity contribution < 1.29 is 13.5 Å². The summed E-state index contributed by atoms with van der Waals surface area (Å²) in [5.41, 5.74) is 0.636. The Morgan fingerprint density at radius 3 is 2.76 bits per heavy atom. The van der Waals surface area contributed by atoms with Crippen molar-refractivity contribution in [3.63, 3.8) is 0 Å². The molecule has 1 heterocycles. The maximum Gasteiger partial charge on any atom is 0.250 e. The summed E-state index contributed by atoms with van der Waals surface area (Å²) in [5.74, 6) is 0. The molecule has 4 nitrogen and oxygen atoms in total. The van der Waals surface area contributed by atoms with Crippen molar-refractivity contribution in [2.45, 2.75) is 50.0 Å². The van der Waals surface area contributed by atoms with Crippen LogP contribution >= 0.6 is 11.3 Å². The first kappa shape index (κ1) is 14.6. The Morgan fingerprint density at radius 1 is 1.53 bits per heavy atom. The maximum absolute atomic E-state index is 12.0. The number of aliphatic hydroxyl groups is 1. The van der Waals surface area contributed by atoms with Gasteiger partial charge in [0.2, 0.25) is 10.0 Å². The van der Waals surface area contributed by atoms with Crippen molar-refractivity contribution in [1.29, 1.82) is 0 Å². The van der Waals surface area contributed by atoms with Gasteiger partial charge in [0, 0.05) is 6.04 Å². The van der Waals surface area contributed by atoms with E-state index in [9.17, 15) is 8.42 Å². The van der Waals surface area contributed by atoms with Gasteiger partial charge in [-0.15, -0.1) is 11.3 Å². The quantitative estimate of drug-likeness (QED) is 0.802. The van der Waals surface area contributed by atoms with Gasteiger partial charge >= 0.3 is 0 Å². The molecule has 0 saturated carbocycles. The van der Waals surface area contributed by atoms with Gasteiger partial charge in [-0.2, -0.15) is 0 Å². The monoisotopic (exact) mass is 277 g/mol. The molecule has 6 heteroatoms. The first-order valence-corrected chi connectivity index (χ1v) is 8.06. The molecule has 1 rings (SSSR count). The van der Waals surface area contributed by atoms with Gasteiger partial charge in [-0.05, 0) is 30.4 Å². The Balaban J connectivity index is 2.68. The molecule has 0 spiro atoms. The average Bonchev–Trinajstić information content (AvgIpc) is 2.75. The van der Waals surface area contributed by atoms with Crippen LogP contribution in [0.25, 0.3) is 0 Å². The van der Waals surface area contributed by atoms with Crippen LogP contribution in [-0.4, -0.2) is 19.6 Å². The zero-order valence-electron chi connectivity index (χ0n) is 10.1. The second-order valence-electron chi connectivity index (χ2n) is 4.10.